The minimum absolute atomic E-state index is 0.394. The fourth-order valence-corrected chi connectivity index (χ4v) is 1.11. The molecular formula is C10H19N3. The third kappa shape index (κ3) is 3.49. The van der Waals surface area contributed by atoms with Crippen molar-refractivity contribution in [1.82, 2.24) is 9.78 Å². The SMILES string of the molecule is Cn1nccc1NCCC(C)(C)C. The predicted octanol–water partition coefficient (Wildman–Crippen LogP) is 2.27. The van der Waals surface area contributed by atoms with E-state index in [1.807, 2.05) is 17.8 Å². The molecule has 0 aromatic carbocycles. The summed E-state index contributed by atoms with van der Waals surface area (Å²) in [5.74, 6) is 1.09. The second kappa shape index (κ2) is 3.81. The van der Waals surface area contributed by atoms with E-state index >= 15 is 0 Å². The first-order valence-electron chi connectivity index (χ1n) is 4.71. The number of hydrogen-bond donors (Lipinski definition) is 1. The van der Waals surface area contributed by atoms with Gasteiger partial charge in [-0.05, 0) is 11.8 Å². The van der Waals surface area contributed by atoms with E-state index in [0.29, 0.717) is 5.41 Å². The zero-order valence-corrected chi connectivity index (χ0v) is 8.96. The normalized spacial score (nSPS) is 11.7. The summed E-state index contributed by atoms with van der Waals surface area (Å²) < 4.78 is 1.85. The average Bonchev–Trinajstić information content (AvgIpc) is 2.34. The topological polar surface area (TPSA) is 29.9 Å². The quantitative estimate of drug-likeness (QED) is 0.775. The monoisotopic (exact) mass is 181 g/mol. The number of anilines is 1. The van der Waals surface area contributed by atoms with Crippen LogP contribution >= 0.6 is 0 Å². The molecule has 0 aliphatic heterocycles. The van der Waals surface area contributed by atoms with Gasteiger partial charge in [-0.3, -0.25) is 4.68 Å². The van der Waals surface area contributed by atoms with Crippen molar-refractivity contribution in [3.8, 4) is 0 Å². The van der Waals surface area contributed by atoms with Crippen molar-refractivity contribution in [2.45, 2.75) is 27.2 Å². The maximum absolute atomic E-state index is 4.09. The van der Waals surface area contributed by atoms with Gasteiger partial charge in [0, 0.05) is 19.7 Å². The second-order valence-corrected chi connectivity index (χ2v) is 4.58. The maximum atomic E-state index is 4.09. The molecule has 0 fully saturated rings. The number of aromatic nitrogens is 2. The van der Waals surface area contributed by atoms with Crippen molar-refractivity contribution < 1.29 is 0 Å². The lowest BCUT2D eigenvalue weighted by atomic mass is 9.92. The largest absolute Gasteiger partial charge is 0.370 e. The van der Waals surface area contributed by atoms with Crippen LogP contribution in [0.1, 0.15) is 27.2 Å². The summed E-state index contributed by atoms with van der Waals surface area (Å²) in [7, 11) is 1.94. The highest BCUT2D eigenvalue weighted by Gasteiger charge is 2.09. The summed E-state index contributed by atoms with van der Waals surface area (Å²) in [6.07, 6.45) is 2.97. The maximum Gasteiger partial charge on any atom is 0.123 e. The number of rotatable bonds is 3. The molecule has 74 valence electrons. The fraction of sp³-hybridized carbons (Fsp3) is 0.700. The highest BCUT2D eigenvalue weighted by atomic mass is 15.3. The smallest absolute Gasteiger partial charge is 0.123 e. The average molecular weight is 181 g/mol. The molecule has 3 heteroatoms. The predicted molar refractivity (Wildman–Crippen MR) is 55.8 cm³/mol. The molecular weight excluding hydrogens is 162 g/mol. The van der Waals surface area contributed by atoms with Crippen LogP contribution in [0, 0.1) is 5.41 Å². The molecule has 0 unspecified atom stereocenters. The van der Waals surface area contributed by atoms with Crippen molar-refractivity contribution in [2.24, 2.45) is 12.5 Å². The van der Waals surface area contributed by atoms with Gasteiger partial charge in [0.25, 0.3) is 0 Å². The Morgan fingerprint density at radius 2 is 2.15 bits per heavy atom. The molecule has 0 atom stereocenters. The third-order valence-corrected chi connectivity index (χ3v) is 2.00. The Labute approximate surface area is 80.1 Å². The Balaban J connectivity index is 2.32. The van der Waals surface area contributed by atoms with Gasteiger partial charge >= 0.3 is 0 Å². The van der Waals surface area contributed by atoms with E-state index < -0.39 is 0 Å². The van der Waals surface area contributed by atoms with E-state index in [0.717, 1.165) is 18.8 Å². The molecule has 0 bridgehead atoms. The number of nitrogens with one attached hydrogen (secondary N) is 1. The summed E-state index contributed by atoms with van der Waals surface area (Å²) >= 11 is 0. The lowest BCUT2D eigenvalue weighted by Crippen LogP contribution is -2.14. The van der Waals surface area contributed by atoms with Crippen LogP contribution in [-0.4, -0.2) is 16.3 Å². The van der Waals surface area contributed by atoms with Crippen LogP contribution in [0.4, 0.5) is 5.82 Å². The number of nitrogens with zero attached hydrogens (tertiary/aromatic N) is 2. The lowest BCUT2D eigenvalue weighted by molar-refractivity contribution is 0.389. The molecule has 3 nitrogen and oxygen atoms in total. The van der Waals surface area contributed by atoms with Crippen LogP contribution in [0.15, 0.2) is 12.3 Å². The number of hydrogen-bond acceptors (Lipinski definition) is 2. The molecule has 0 saturated carbocycles. The molecule has 0 amide bonds. The summed E-state index contributed by atoms with van der Waals surface area (Å²) in [5.41, 5.74) is 0.394. The van der Waals surface area contributed by atoms with Gasteiger partial charge in [-0.1, -0.05) is 20.8 Å². The molecule has 0 saturated heterocycles. The summed E-state index contributed by atoms with van der Waals surface area (Å²) in [5, 5.41) is 7.44. The molecule has 13 heavy (non-hydrogen) atoms. The first kappa shape index (κ1) is 10.1. The van der Waals surface area contributed by atoms with Crippen LogP contribution < -0.4 is 5.32 Å². The highest BCUT2D eigenvalue weighted by Crippen LogP contribution is 2.18. The molecule has 1 aromatic rings. The van der Waals surface area contributed by atoms with Gasteiger partial charge in [0.1, 0.15) is 5.82 Å². The third-order valence-electron chi connectivity index (χ3n) is 2.00. The van der Waals surface area contributed by atoms with Crippen molar-refractivity contribution in [1.29, 1.82) is 0 Å². The Morgan fingerprint density at radius 1 is 1.46 bits per heavy atom. The Bertz CT molecular complexity index is 257. The van der Waals surface area contributed by atoms with Gasteiger partial charge < -0.3 is 5.32 Å². The van der Waals surface area contributed by atoms with Crippen molar-refractivity contribution >= 4 is 5.82 Å². The molecule has 1 N–H and O–H groups in total. The summed E-state index contributed by atoms with van der Waals surface area (Å²) in [6.45, 7) is 7.75. The summed E-state index contributed by atoms with van der Waals surface area (Å²) in [6, 6.07) is 1.99. The first-order chi connectivity index (χ1) is 5.99. The highest BCUT2D eigenvalue weighted by molar-refractivity contribution is 5.33. The lowest BCUT2D eigenvalue weighted by Gasteiger charge is -2.18. The molecule has 0 aliphatic carbocycles. The summed E-state index contributed by atoms with van der Waals surface area (Å²) in [4.78, 5) is 0. The van der Waals surface area contributed by atoms with Crippen LogP contribution in [0.25, 0.3) is 0 Å². The minimum Gasteiger partial charge on any atom is -0.370 e. The Hall–Kier alpha value is -0.990. The fourth-order valence-electron chi connectivity index (χ4n) is 1.11. The van der Waals surface area contributed by atoms with Gasteiger partial charge in [-0.15, -0.1) is 0 Å². The van der Waals surface area contributed by atoms with E-state index in [4.69, 9.17) is 0 Å². The second-order valence-electron chi connectivity index (χ2n) is 4.58. The van der Waals surface area contributed by atoms with E-state index in [1.54, 1.807) is 6.20 Å². The zero-order valence-electron chi connectivity index (χ0n) is 8.96. The minimum atomic E-state index is 0.394. The van der Waals surface area contributed by atoms with E-state index in [-0.39, 0.29) is 0 Å². The Kier molecular flexibility index (Phi) is 2.96. The molecule has 0 aliphatic rings. The zero-order chi connectivity index (χ0) is 9.90. The van der Waals surface area contributed by atoms with E-state index in [1.165, 1.54) is 0 Å². The molecule has 0 radical (unpaired) electrons. The molecule has 1 heterocycles. The van der Waals surface area contributed by atoms with Crippen LogP contribution in [-0.2, 0) is 7.05 Å². The van der Waals surface area contributed by atoms with Crippen molar-refractivity contribution in [2.75, 3.05) is 11.9 Å². The van der Waals surface area contributed by atoms with Gasteiger partial charge in [-0.2, -0.15) is 5.10 Å². The van der Waals surface area contributed by atoms with Gasteiger partial charge in [-0.25, -0.2) is 0 Å². The Morgan fingerprint density at radius 3 is 2.62 bits per heavy atom. The number of aryl methyl sites for hydroxylation is 1. The van der Waals surface area contributed by atoms with Gasteiger partial charge in [0.15, 0.2) is 0 Å². The van der Waals surface area contributed by atoms with Crippen molar-refractivity contribution in [3.05, 3.63) is 12.3 Å². The molecule has 1 aromatic heterocycles. The van der Waals surface area contributed by atoms with Gasteiger partial charge in [0.2, 0.25) is 0 Å². The van der Waals surface area contributed by atoms with Gasteiger partial charge in [0.05, 0.1) is 6.20 Å². The first-order valence-corrected chi connectivity index (χ1v) is 4.71. The molecule has 0 spiro atoms. The van der Waals surface area contributed by atoms with E-state index in [2.05, 4.69) is 31.2 Å². The van der Waals surface area contributed by atoms with E-state index in [9.17, 15) is 0 Å². The standard InChI is InChI=1S/C10H19N3/c1-10(2,3)6-8-11-9-5-7-12-13(9)4/h5,7,11H,6,8H2,1-4H3. The van der Waals surface area contributed by atoms with Crippen LogP contribution in [0.3, 0.4) is 0 Å². The van der Waals surface area contributed by atoms with Crippen molar-refractivity contribution in [3.63, 3.8) is 0 Å². The van der Waals surface area contributed by atoms with Crippen LogP contribution in [0.2, 0.25) is 0 Å². The molecule has 1 rings (SSSR count). The van der Waals surface area contributed by atoms with Crippen LogP contribution in [0.5, 0.6) is 0 Å².